The van der Waals surface area contributed by atoms with Crippen LogP contribution in [0.25, 0.3) is 0 Å². The maximum atomic E-state index is 14.5. The maximum absolute atomic E-state index is 14.5. The average molecular weight is 473 g/mol. The van der Waals surface area contributed by atoms with E-state index < -0.39 is 16.8 Å². The molecule has 1 unspecified atom stereocenters. The van der Waals surface area contributed by atoms with E-state index in [0.29, 0.717) is 38.3 Å². The molecule has 4 aliphatic heterocycles. The molecule has 1 aromatic heterocycles. The van der Waals surface area contributed by atoms with Crippen LogP contribution in [0.2, 0.25) is 0 Å². The van der Waals surface area contributed by atoms with Crippen LogP contribution in [0.3, 0.4) is 0 Å². The number of halogens is 1. The van der Waals surface area contributed by atoms with Crippen LogP contribution >= 0.6 is 0 Å². The molecular weight excluding hydrogens is 439 g/mol. The first kappa shape index (κ1) is 23.8. The fraction of sp³-hybridized carbons (Fsp3) is 0.520. The predicted octanol–water partition coefficient (Wildman–Crippen LogP) is 4.68. The Labute approximate surface area is 198 Å². The fourth-order valence-electron chi connectivity index (χ4n) is 4.43. The number of carbonyl (C=O) groups excluding carboxylic acids is 1. The van der Waals surface area contributed by atoms with E-state index in [9.17, 15) is 13.4 Å². The summed E-state index contributed by atoms with van der Waals surface area (Å²) in [5.41, 5.74) is 1.75. The summed E-state index contributed by atoms with van der Waals surface area (Å²) in [5.74, 6) is 0.461. The van der Waals surface area contributed by atoms with Crippen molar-refractivity contribution in [1.82, 2.24) is 9.29 Å². The van der Waals surface area contributed by atoms with Gasteiger partial charge in [0.1, 0.15) is 22.6 Å². The van der Waals surface area contributed by atoms with Crippen molar-refractivity contribution < 1.29 is 13.4 Å². The molecule has 1 atom stereocenters. The molecule has 6 rings (SSSR count). The Hall–Kier alpha value is -2.32. The van der Waals surface area contributed by atoms with Gasteiger partial charge in [-0.25, -0.2) is 17.9 Å². The van der Waals surface area contributed by atoms with Gasteiger partial charge < -0.3 is 10.2 Å². The zero-order chi connectivity index (χ0) is 23.0. The number of aromatic nitrogens is 1. The zero-order valence-corrected chi connectivity index (χ0v) is 19.9. The van der Waals surface area contributed by atoms with E-state index in [-0.39, 0.29) is 10.8 Å². The van der Waals surface area contributed by atoms with Gasteiger partial charge in [-0.05, 0) is 49.1 Å². The number of pyridine rings is 1. The molecule has 178 valence electrons. The molecule has 1 aromatic carbocycles. The molecule has 1 N–H and O–H groups in total. The van der Waals surface area contributed by atoms with Gasteiger partial charge in [0.15, 0.2) is 0 Å². The first-order chi connectivity index (χ1) is 16.1. The van der Waals surface area contributed by atoms with Gasteiger partial charge in [0.2, 0.25) is 5.91 Å². The molecule has 33 heavy (non-hydrogen) atoms. The lowest BCUT2D eigenvalue weighted by atomic mass is 10.0. The van der Waals surface area contributed by atoms with Crippen molar-refractivity contribution in [3.63, 3.8) is 0 Å². The summed E-state index contributed by atoms with van der Waals surface area (Å²) >= 11 is 0. The molecule has 8 heteroatoms. The van der Waals surface area contributed by atoms with E-state index in [0.717, 1.165) is 62.7 Å². The van der Waals surface area contributed by atoms with Crippen LogP contribution in [-0.2, 0) is 22.2 Å². The van der Waals surface area contributed by atoms with Crippen LogP contribution in [0.15, 0.2) is 41.4 Å². The van der Waals surface area contributed by atoms with Gasteiger partial charge in [0.25, 0.3) is 0 Å². The SMILES string of the molecule is O=C1CCCCCCCCCc2ccc(F)c(c2)S(=O)N2CCN(CC2)c2ccc(cn2)N1. The number of aryl methyl sites for hydroxylation is 1. The smallest absolute Gasteiger partial charge is 0.224 e. The highest BCUT2D eigenvalue weighted by Gasteiger charge is 2.25. The molecule has 1 saturated heterocycles. The van der Waals surface area contributed by atoms with Crippen LogP contribution in [0, 0.1) is 5.82 Å². The van der Waals surface area contributed by atoms with Gasteiger partial charge in [-0.1, -0.05) is 38.2 Å². The van der Waals surface area contributed by atoms with Crippen molar-refractivity contribution in [3.8, 4) is 0 Å². The highest BCUT2D eigenvalue weighted by atomic mass is 32.2. The van der Waals surface area contributed by atoms with Crippen LogP contribution in [-0.4, -0.2) is 45.6 Å². The number of fused-ring (bicyclic) bond motifs is 2. The third-order valence-corrected chi connectivity index (χ3v) is 7.91. The van der Waals surface area contributed by atoms with E-state index in [1.165, 1.54) is 6.07 Å². The average Bonchev–Trinajstić information content (AvgIpc) is 2.83. The Bertz CT molecular complexity index is 961. The molecule has 6 bridgehead atoms. The van der Waals surface area contributed by atoms with Gasteiger partial charge in [0.05, 0.1) is 16.8 Å². The highest BCUT2D eigenvalue weighted by Crippen LogP contribution is 2.22. The van der Waals surface area contributed by atoms with Gasteiger partial charge in [0, 0.05) is 32.6 Å². The number of benzene rings is 1. The fourth-order valence-corrected chi connectivity index (χ4v) is 5.69. The molecular formula is C25H33FN4O2S. The molecule has 1 amide bonds. The maximum Gasteiger partial charge on any atom is 0.224 e. The van der Waals surface area contributed by atoms with Crippen molar-refractivity contribution in [2.45, 2.75) is 62.7 Å². The lowest BCUT2D eigenvalue weighted by molar-refractivity contribution is -0.116. The largest absolute Gasteiger partial charge is 0.354 e. The third-order valence-electron chi connectivity index (χ3n) is 6.38. The van der Waals surface area contributed by atoms with Crippen molar-refractivity contribution >= 4 is 28.4 Å². The number of amides is 1. The summed E-state index contributed by atoms with van der Waals surface area (Å²) in [4.78, 5) is 19.1. The summed E-state index contributed by atoms with van der Waals surface area (Å²) in [6.07, 6.45) is 10.7. The second-order valence-electron chi connectivity index (χ2n) is 8.86. The summed E-state index contributed by atoms with van der Waals surface area (Å²) in [7, 11) is -1.51. The molecule has 5 heterocycles. The summed E-state index contributed by atoms with van der Waals surface area (Å²) in [6.45, 7) is 2.45. The Morgan fingerprint density at radius 2 is 1.58 bits per heavy atom. The van der Waals surface area contributed by atoms with E-state index in [1.807, 2.05) is 22.5 Å². The normalized spacial score (nSPS) is 23.3. The molecule has 2 aromatic rings. The Morgan fingerprint density at radius 1 is 0.879 bits per heavy atom. The quantitative estimate of drug-likeness (QED) is 0.605. The Balaban J connectivity index is 1.47. The first-order valence-corrected chi connectivity index (χ1v) is 13.2. The standard InChI is InChI=1S/C25H33FN4O2S/c26-22-12-10-20-8-6-4-2-1-3-5-7-9-25(31)28-21-11-13-24(27-19-21)29-14-16-30(17-15-29)33(32)23(22)18-20/h10-13,18-19H,1-9,14-17H2,(H,28,31). The summed E-state index contributed by atoms with van der Waals surface area (Å²) < 4.78 is 29.5. The van der Waals surface area contributed by atoms with Crippen molar-refractivity contribution in [2.24, 2.45) is 0 Å². The Kier molecular flexibility index (Phi) is 8.45. The highest BCUT2D eigenvalue weighted by molar-refractivity contribution is 7.82. The van der Waals surface area contributed by atoms with Crippen molar-refractivity contribution in [3.05, 3.63) is 47.9 Å². The minimum absolute atomic E-state index is 0.0352. The number of carbonyl (C=O) groups is 1. The first-order valence-electron chi connectivity index (χ1n) is 12.1. The van der Waals surface area contributed by atoms with E-state index >= 15 is 0 Å². The Morgan fingerprint density at radius 3 is 2.27 bits per heavy atom. The molecule has 1 fully saturated rings. The molecule has 6 nitrogen and oxygen atoms in total. The monoisotopic (exact) mass is 472 g/mol. The molecule has 4 aliphatic rings. The number of nitrogens with one attached hydrogen (secondary N) is 1. The summed E-state index contributed by atoms with van der Waals surface area (Å²) in [5, 5.41) is 2.93. The number of hydrogen-bond donors (Lipinski definition) is 1. The number of hydrogen-bond acceptors (Lipinski definition) is 4. The molecule has 0 spiro atoms. The topological polar surface area (TPSA) is 65.5 Å². The molecule has 0 saturated carbocycles. The van der Waals surface area contributed by atoms with Gasteiger partial charge in [-0.2, -0.15) is 0 Å². The van der Waals surface area contributed by atoms with E-state index in [1.54, 1.807) is 12.3 Å². The van der Waals surface area contributed by atoms with Crippen molar-refractivity contribution in [1.29, 1.82) is 0 Å². The number of anilines is 2. The van der Waals surface area contributed by atoms with Crippen LogP contribution in [0.1, 0.15) is 56.9 Å². The minimum atomic E-state index is -1.51. The van der Waals surface area contributed by atoms with Gasteiger partial charge in [-0.15, -0.1) is 0 Å². The minimum Gasteiger partial charge on any atom is -0.354 e. The number of piperazine rings is 1. The van der Waals surface area contributed by atoms with Gasteiger partial charge in [-0.3, -0.25) is 4.79 Å². The van der Waals surface area contributed by atoms with Crippen LogP contribution < -0.4 is 10.2 Å². The second-order valence-corrected chi connectivity index (χ2v) is 10.3. The number of rotatable bonds is 0. The van der Waals surface area contributed by atoms with Gasteiger partial charge >= 0.3 is 0 Å². The van der Waals surface area contributed by atoms with E-state index in [4.69, 9.17) is 0 Å². The van der Waals surface area contributed by atoms with Crippen molar-refractivity contribution in [2.75, 3.05) is 36.4 Å². The van der Waals surface area contributed by atoms with E-state index in [2.05, 4.69) is 15.2 Å². The predicted molar refractivity (Wildman–Crippen MR) is 130 cm³/mol. The lowest BCUT2D eigenvalue weighted by Crippen LogP contribution is -2.47. The lowest BCUT2D eigenvalue weighted by Gasteiger charge is -2.34. The molecule has 0 radical (unpaired) electrons. The van der Waals surface area contributed by atoms with Crippen LogP contribution in [0.5, 0.6) is 0 Å². The molecule has 0 aliphatic carbocycles. The zero-order valence-electron chi connectivity index (χ0n) is 19.1. The number of nitrogens with zero attached hydrogens (tertiary/aromatic N) is 3. The van der Waals surface area contributed by atoms with Crippen LogP contribution in [0.4, 0.5) is 15.9 Å². The second kappa shape index (κ2) is 11.7. The summed E-state index contributed by atoms with van der Waals surface area (Å²) in [6, 6.07) is 8.84. The third kappa shape index (κ3) is 6.60.